The van der Waals surface area contributed by atoms with Gasteiger partial charge in [0.1, 0.15) is 6.04 Å². The third-order valence-electron chi connectivity index (χ3n) is 8.04. The molecule has 248 valence electrons. The number of carboxylic acid groups (broad SMARTS) is 1. The minimum atomic E-state index is -1.26. The number of carbonyl (C=O) groups is 3. The van der Waals surface area contributed by atoms with E-state index in [0.717, 1.165) is 22.4 Å². The van der Waals surface area contributed by atoms with Crippen molar-refractivity contribution in [2.24, 2.45) is 10.8 Å². The molecule has 5 N–H and O–H groups in total. The highest BCUT2D eigenvalue weighted by Gasteiger charge is 2.40. The predicted octanol–water partition coefficient (Wildman–Crippen LogP) is 5.76. The number of aliphatic hydroxyl groups excluding tert-OH is 1. The monoisotopic (exact) mass is 632 g/mol. The molecule has 0 saturated heterocycles. The normalized spacial score (nSPS) is 15.0. The molecular formula is C36H48N4O6. The summed E-state index contributed by atoms with van der Waals surface area (Å²) in [5.41, 5.74) is 2.43. The van der Waals surface area contributed by atoms with E-state index in [-0.39, 0.29) is 18.8 Å². The van der Waals surface area contributed by atoms with Crippen molar-refractivity contribution in [3.05, 3.63) is 90.1 Å². The van der Waals surface area contributed by atoms with Crippen molar-refractivity contribution in [3.63, 3.8) is 0 Å². The molecule has 0 bridgehead atoms. The maximum absolute atomic E-state index is 14.0. The molecule has 0 aliphatic carbocycles. The van der Waals surface area contributed by atoms with E-state index in [1.807, 2.05) is 93.6 Å². The van der Waals surface area contributed by atoms with E-state index in [1.165, 1.54) is 7.11 Å². The number of pyridine rings is 1. The zero-order valence-corrected chi connectivity index (χ0v) is 27.8. The SMILES string of the molecule is COC(=O)N[C@H](C(=O)N[C@@H](C[C@H](O)[C@H](Cc1ccccc1)NC(=O)O)C(c1ccc(-c2ccccn2)cc1)C(C)(C)C)C(C)(C)C. The van der Waals surface area contributed by atoms with Crippen molar-refractivity contribution in [1.82, 2.24) is 20.9 Å². The Morgan fingerprint density at radius 3 is 1.96 bits per heavy atom. The zero-order valence-electron chi connectivity index (χ0n) is 27.8. The molecule has 0 fully saturated rings. The van der Waals surface area contributed by atoms with E-state index in [9.17, 15) is 24.6 Å². The molecule has 0 aliphatic heterocycles. The molecule has 46 heavy (non-hydrogen) atoms. The van der Waals surface area contributed by atoms with Crippen LogP contribution in [0.1, 0.15) is 65.0 Å². The van der Waals surface area contributed by atoms with Gasteiger partial charge in [-0.3, -0.25) is 9.78 Å². The van der Waals surface area contributed by atoms with E-state index in [1.54, 1.807) is 6.20 Å². The zero-order chi connectivity index (χ0) is 34.1. The summed E-state index contributed by atoms with van der Waals surface area (Å²) in [4.78, 5) is 42.5. The second-order valence-corrected chi connectivity index (χ2v) is 13.8. The third-order valence-corrected chi connectivity index (χ3v) is 8.04. The predicted molar refractivity (Wildman–Crippen MR) is 178 cm³/mol. The fraction of sp³-hybridized carbons (Fsp3) is 0.444. The first-order valence-electron chi connectivity index (χ1n) is 15.5. The van der Waals surface area contributed by atoms with Gasteiger partial charge in [-0.25, -0.2) is 9.59 Å². The maximum Gasteiger partial charge on any atom is 0.407 e. The Morgan fingerprint density at radius 2 is 1.43 bits per heavy atom. The molecule has 1 aromatic heterocycles. The number of ether oxygens (including phenoxy) is 1. The van der Waals surface area contributed by atoms with E-state index >= 15 is 0 Å². The number of hydrogen-bond donors (Lipinski definition) is 5. The summed E-state index contributed by atoms with van der Waals surface area (Å²) in [7, 11) is 1.23. The first-order valence-corrected chi connectivity index (χ1v) is 15.5. The van der Waals surface area contributed by atoms with Crippen LogP contribution in [0.25, 0.3) is 11.3 Å². The van der Waals surface area contributed by atoms with Crippen molar-refractivity contribution >= 4 is 18.1 Å². The Kier molecular flexibility index (Phi) is 12.3. The Labute approximate surface area is 272 Å². The maximum atomic E-state index is 14.0. The number of aromatic nitrogens is 1. The van der Waals surface area contributed by atoms with Gasteiger partial charge >= 0.3 is 12.2 Å². The summed E-state index contributed by atoms with van der Waals surface area (Å²) in [6.07, 6.45) is -1.14. The van der Waals surface area contributed by atoms with E-state index in [4.69, 9.17) is 4.74 Å². The van der Waals surface area contributed by atoms with Gasteiger partial charge in [0, 0.05) is 23.7 Å². The molecule has 2 aromatic carbocycles. The number of methoxy groups -OCH3 is 1. The molecule has 0 radical (unpaired) electrons. The van der Waals surface area contributed by atoms with Gasteiger partial charge in [0.25, 0.3) is 0 Å². The summed E-state index contributed by atoms with van der Waals surface area (Å²) in [6.45, 7) is 11.7. The second-order valence-electron chi connectivity index (χ2n) is 13.8. The van der Waals surface area contributed by atoms with Crippen LogP contribution in [0.15, 0.2) is 79.0 Å². The highest BCUT2D eigenvalue weighted by Crippen LogP contribution is 2.40. The van der Waals surface area contributed by atoms with Crippen LogP contribution in [0.5, 0.6) is 0 Å². The summed E-state index contributed by atoms with van der Waals surface area (Å²) in [5, 5.41) is 29.6. The Balaban J connectivity index is 2.05. The van der Waals surface area contributed by atoms with Gasteiger partial charge in [0.05, 0.1) is 24.9 Å². The highest BCUT2D eigenvalue weighted by molar-refractivity contribution is 5.86. The number of hydrogen-bond acceptors (Lipinski definition) is 6. The van der Waals surface area contributed by atoms with Crippen LogP contribution in [-0.2, 0) is 16.0 Å². The Morgan fingerprint density at radius 1 is 0.804 bits per heavy atom. The van der Waals surface area contributed by atoms with E-state index in [0.29, 0.717) is 0 Å². The van der Waals surface area contributed by atoms with Crippen molar-refractivity contribution in [2.45, 2.75) is 84.5 Å². The lowest BCUT2D eigenvalue weighted by Gasteiger charge is -2.41. The Bertz CT molecular complexity index is 1420. The van der Waals surface area contributed by atoms with Crippen LogP contribution in [0, 0.1) is 10.8 Å². The number of alkyl carbamates (subject to hydrolysis) is 1. The number of carbonyl (C=O) groups excluding carboxylic acids is 2. The number of nitrogens with one attached hydrogen (secondary N) is 3. The molecular weight excluding hydrogens is 584 g/mol. The van der Waals surface area contributed by atoms with Gasteiger partial charge in [-0.1, -0.05) is 102 Å². The molecule has 1 unspecified atom stereocenters. The van der Waals surface area contributed by atoms with Crippen LogP contribution < -0.4 is 16.0 Å². The van der Waals surface area contributed by atoms with Crippen molar-refractivity contribution < 1.29 is 29.3 Å². The van der Waals surface area contributed by atoms with Gasteiger partial charge in [0.15, 0.2) is 0 Å². The molecule has 10 heteroatoms. The first-order chi connectivity index (χ1) is 21.6. The number of nitrogens with zero attached hydrogens (tertiary/aromatic N) is 1. The van der Waals surface area contributed by atoms with Crippen LogP contribution >= 0.6 is 0 Å². The second kappa shape index (κ2) is 15.7. The van der Waals surface area contributed by atoms with Crippen LogP contribution in [-0.4, -0.2) is 64.6 Å². The van der Waals surface area contributed by atoms with Crippen molar-refractivity contribution in [1.29, 1.82) is 0 Å². The first kappa shape index (κ1) is 36.0. The van der Waals surface area contributed by atoms with Gasteiger partial charge in [-0.2, -0.15) is 0 Å². The van der Waals surface area contributed by atoms with Gasteiger partial charge in [-0.05, 0) is 46.9 Å². The minimum Gasteiger partial charge on any atom is -0.465 e. The standard InChI is InChI=1S/C36H48N4O6/c1-35(2,3)30(25-18-16-24(17-19-25)26-15-11-12-20-37-26)28(38-32(42)31(36(4,5)6)40-34(45)46-7)22-29(41)27(39-33(43)44)21-23-13-9-8-10-14-23/h8-20,27-31,39,41H,21-22H2,1-7H3,(H,38,42)(H,40,45)(H,43,44)/t27-,28-,29-,30?,31+/m0/s1. The molecule has 10 nitrogen and oxygen atoms in total. The quantitative estimate of drug-likeness (QED) is 0.170. The lowest BCUT2D eigenvalue weighted by atomic mass is 9.70. The summed E-state index contributed by atoms with van der Waals surface area (Å²) < 4.78 is 4.80. The molecule has 1 heterocycles. The number of amides is 3. The molecule has 3 rings (SSSR count). The minimum absolute atomic E-state index is 0.0303. The molecule has 3 amide bonds. The molecule has 0 saturated carbocycles. The molecule has 0 spiro atoms. The Hall–Kier alpha value is -4.44. The lowest BCUT2D eigenvalue weighted by Crippen LogP contribution is -2.58. The average Bonchev–Trinajstić information content (AvgIpc) is 2.99. The largest absolute Gasteiger partial charge is 0.465 e. The lowest BCUT2D eigenvalue weighted by molar-refractivity contribution is -0.126. The van der Waals surface area contributed by atoms with Crippen LogP contribution in [0.4, 0.5) is 9.59 Å². The number of rotatable bonds is 12. The van der Waals surface area contributed by atoms with Crippen molar-refractivity contribution in [2.75, 3.05) is 7.11 Å². The van der Waals surface area contributed by atoms with E-state index < -0.39 is 53.2 Å². The van der Waals surface area contributed by atoms with Gasteiger partial charge < -0.3 is 30.9 Å². The highest BCUT2D eigenvalue weighted by atomic mass is 16.5. The third kappa shape index (κ3) is 10.3. The fourth-order valence-corrected chi connectivity index (χ4v) is 5.86. The van der Waals surface area contributed by atoms with Crippen LogP contribution in [0.3, 0.4) is 0 Å². The molecule has 5 atom stereocenters. The topological polar surface area (TPSA) is 150 Å². The number of aliphatic hydroxyl groups is 1. The van der Waals surface area contributed by atoms with Crippen molar-refractivity contribution in [3.8, 4) is 11.3 Å². The summed E-state index contributed by atoms with van der Waals surface area (Å²) in [5.74, 6) is -0.773. The summed E-state index contributed by atoms with van der Waals surface area (Å²) in [6, 6.07) is 20.5. The number of benzene rings is 2. The smallest absolute Gasteiger partial charge is 0.407 e. The molecule has 3 aromatic rings. The van der Waals surface area contributed by atoms with E-state index in [2.05, 4.69) is 41.7 Å². The van der Waals surface area contributed by atoms with Gasteiger partial charge in [-0.15, -0.1) is 0 Å². The summed E-state index contributed by atoms with van der Waals surface area (Å²) >= 11 is 0. The fourth-order valence-electron chi connectivity index (χ4n) is 5.86. The van der Waals surface area contributed by atoms with Gasteiger partial charge in [0.2, 0.25) is 5.91 Å². The van der Waals surface area contributed by atoms with Crippen LogP contribution in [0.2, 0.25) is 0 Å². The average molecular weight is 633 g/mol. The molecule has 0 aliphatic rings.